The highest BCUT2D eigenvalue weighted by molar-refractivity contribution is 9.10. The lowest BCUT2D eigenvalue weighted by atomic mass is 10.0. The largest absolute Gasteiger partial charge is 0.388 e. The molecule has 19 heavy (non-hydrogen) atoms. The maximum Gasteiger partial charge on any atom is 0.0802 e. The molecule has 0 radical (unpaired) electrons. The van der Waals surface area contributed by atoms with E-state index in [0.717, 1.165) is 36.1 Å². The lowest BCUT2D eigenvalue weighted by Crippen LogP contribution is -2.26. The van der Waals surface area contributed by atoms with Gasteiger partial charge in [-0.2, -0.15) is 0 Å². The summed E-state index contributed by atoms with van der Waals surface area (Å²) in [6.45, 7) is 9.62. The third kappa shape index (κ3) is 5.64. The molecular weight excluding hydrogens is 302 g/mol. The Labute approximate surface area is 126 Å². The molecule has 2 nitrogen and oxygen atoms in total. The van der Waals surface area contributed by atoms with Crippen molar-refractivity contribution in [1.82, 2.24) is 4.90 Å². The summed E-state index contributed by atoms with van der Waals surface area (Å²) < 4.78 is 1.10. The van der Waals surface area contributed by atoms with Crippen molar-refractivity contribution in [3.63, 3.8) is 0 Å². The smallest absolute Gasteiger partial charge is 0.0802 e. The van der Waals surface area contributed by atoms with Crippen molar-refractivity contribution in [3.8, 4) is 0 Å². The van der Waals surface area contributed by atoms with E-state index >= 15 is 0 Å². The van der Waals surface area contributed by atoms with Gasteiger partial charge in [-0.3, -0.25) is 0 Å². The van der Waals surface area contributed by atoms with E-state index in [-0.39, 0.29) is 6.10 Å². The van der Waals surface area contributed by atoms with E-state index in [1.807, 2.05) is 12.1 Å². The van der Waals surface area contributed by atoms with Crippen LogP contribution in [0, 0.1) is 6.92 Å². The molecule has 0 amide bonds. The number of hydrogen-bond donors (Lipinski definition) is 1. The van der Waals surface area contributed by atoms with E-state index in [9.17, 15) is 5.11 Å². The molecule has 1 rings (SSSR count). The Hall–Kier alpha value is -0.380. The van der Waals surface area contributed by atoms with Crippen LogP contribution in [0.5, 0.6) is 0 Å². The van der Waals surface area contributed by atoms with Crippen molar-refractivity contribution >= 4 is 15.9 Å². The normalized spacial score (nSPS) is 12.9. The molecule has 1 atom stereocenters. The third-order valence-corrected chi connectivity index (χ3v) is 4.45. The first-order valence-corrected chi connectivity index (χ1v) is 8.04. The van der Waals surface area contributed by atoms with Gasteiger partial charge in [-0.25, -0.2) is 0 Å². The minimum atomic E-state index is -0.359. The fourth-order valence-electron chi connectivity index (χ4n) is 2.16. The van der Waals surface area contributed by atoms with Crippen LogP contribution in [0.3, 0.4) is 0 Å². The number of nitrogens with zero attached hydrogens (tertiary/aromatic N) is 1. The number of benzene rings is 1. The number of halogens is 1. The van der Waals surface area contributed by atoms with E-state index in [4.69, 9.17) is 0 Å². The van der Waals surface area contributed by atoms with Crippen molar-refractivity contribution in [1.29, 1.82) is 0 Å². The zero-order chi connectivity index (χ0) is 14.3. The molecular formula is C16H26BrNO. The highest BCUT2D eigenvalue weighted by atomic mass is 79.9. The molecule has 0 aliphatic rings. The van der Waals surface area contributed by atoms with E-state index in [0.29, 0.717) is 0 Å². The minimum absolute atomic E-state index is 0.359. The first kappa shape index (κ1) is 16.7. The van der Waals surface area contributed by atoms with Crippen molar-refractivity contribution in [2.75, 3.05) is 19.6 Å². The standard InChI is InChI=1S/C16H26BrNO/c1-4-6-10-18(5-2)11-9-16(19)14-7-8-15(17)13(3)12-14/h7-8,12,16,19H,4-6,9-11H2,1-3H3. The van der Waals surface area contributed by atoms with Gasteiger partial charge in [0.25, 0.3) is 0 Å². The first-order valence-electron chi connectivity index (χ1n) is 7.25. The third-order valence-electron chi connectivity index (χ3n) is 3.56. The fraction of sp³-hybridized carbons (Fsp3) is 0.625. The topological polar surface area (TPSA) is 23.5 Å². The van der Waals surface area contributed by atoms with Crippen molar-refractivity contribution < 1.29 is 5.11 Å². The molecule has 0 aliphatic heterocycles. The summed E-state index contributed by atoms with van der Waals surface area (Å²) in [6, 6.07) is 6.09. The highest BCUT2D eigenvalue weighted by Crippen LogP contribution is 2.23. The molecule has 0 saturated heterocycles. The number of unbranched alkanes of at least 4 members (excludes halogenated alkanes) is 1. The van der Waals surface area contributed by atoms with Crippen LogP contribution in [0.25, 0.3) is 0 Å². The predicted octanol–water partition coefficient (Wildman–Crippen LogP) is 4.30. The van der Waals surface area contributed by atoms with Gasteiger partial charge in [0.1, 0.15) is 0 Å². The van der Waals surface area contributed by atoms with Gasteiger partial charge in [-0.1, -0.05) is 48.3 Å². The molecule has 0 spiro atoms. The Kier molecular flexibility index (Phi) is 7.66. The Bertz CT molecular complexity index is 381. The van der Waals surface area contributed by atoms with Gasteiger partial charge in [0.2, 0.25) is 0 Å². The maximum absolute atomic E-state index is 10.3. The highest BCUT2D eigenvalue weighted by Gasteiger charge is 2.11. The van der Waals surface area contributed by atoms with Crippen molar-refractivity contribution in [3.05, 3.63) is 33.8 Å². The maximum atomic E-state index is 10.3. The van der Waals surface area contributed by atoms with E-state index in [1.165, 1.54) is 18.4 Å². The zero-order valence-electron chi connectivity index (χ0n) is 12.3. The van der Waals surface area contributed by atoms with Crippen LogP contribution in [0.1, 0.15) is 50.3 Å². The molecule has 0 aromatic heterocycles. The number of aliphatic hydroxyl groups is 1. The second-order valence-corrected chi connectivity index (χ2v) is 5.96. The second-order valence-electron chi connectivity index (χ2n) is 5.10. The molecule has 1 N–H and O–H groups in total. The van der Waals surface area contributed by atoms with Crippen LogP contribution in [0.2, 0.25) is 0 Å². The molecule has 0 aliphatic carbocycles. The summed E-state index contributed by atoms with van der Waals surface area (Å²) in [5, 5.41) is 10.3. The van der Waals surface area contributed by atoms with Crippen molar-refractivity contribution in [2.45, 2.75) is 46.1 Å². The Balaban J connectivity index is 2.49. The molecule has 1 aromatic carbocycles. The molecule has 0 heterocycles. The van der Waals surface area contributed by atoms with Gasteiger partial charge < -0.3 is 10.0 Å². The van der Waals surface area contributed by atoms with Crippen molar-refractivity contribution in [2.24, 2.45) is 0 Å². The van der Waals surface area contributed by atoms with Gasteiger partial charge >= 0.3 is 0 Å². The number of aryl methyl sites for hydroxylation is 1. The minimum Gasteiger partial charge on any atom is -0.388 e. The zero-order valence-corrected chi connectivity index (χ0v) is 13.9. The fourth-order valence-corrected chi connectivity index (χ4v) is 2.40. The van der Waals surface area contributed by atoms with Gasteiger partial charge in [-0.15, -0.1) is 0 Å². The lowest BCUT2D eigenvalue weighted by Gasteiger charge is -2.22. The van der Waals surface area contributed by atoms with Crippen LogP contribution in [0.4, 0.5) is 0 Å². The van der Waals surface area contributed by atoms with Gasteiger partial charge in [0.15, 0.2) is 0 Å². The molecule has 1 unspecified atom stereocenters. The Morgan fingerprint density at radius 1 is 1.26 bits per heavy atom. The predicted molar refractivity (Wildman–Crippen MR) is 85.5 cm³/mol. The first-order chi connectivity index (χ1) is 9.08. The molecule has 3 heteroatoms. The second kappa shape index (κ2) is 8.72. The van der Waals surface area contributed by atoms with Crippen LogP contribution >= 0.6 is 15.9 Å². The molecule has 0 fully saturated rings. The molecule has 0 saturated carbocycles. The van der Waals surface area contributed by atoms with Crippen LogP contribution in [-0.2, 0) is 0 Å². The quantitative estimate of drug-likeness (QED) is 0.769. The summed E-state index contributed by atoms with van der Waals surface area (Å²) >= 11 is 3.49. The Morgan fingerprint density at radius 3 is 2.58 bits per heavy atom. The van der Waals surface area contributed by atoms with Crippen LogP contribution in [-0.4, -0.2) is 29.6 Å². The van der Waals surface area contributed by atoms with E-state index < -0.39 is 0 Å². The summed E-state index contributed by atoms with van der Waals surface area (Å²) in [6.07, 6.45) is 2.91. The van der Waals surface area contributed by atoms with Crippen LogP contribution in [0.15, 0.2) is 22.7 Å². The molecule has 1 aromatic rings. The van der Waals surface area contributed by atoms with Gasteiger partial charge in [-0.05, 0) is 50.0 Å². The average molecular weight is 328 g/mol. The summed E-state index contributed by atoms with van der Waals surface area (Å²) in [7, 11) is 0. The summed E-state index contributed by atoms with van der Waals surface area (Å²) in [5.41, 5.74) is 2.20. The lowest BCUT2D eigenvalue weighted by molar-refractivity contribution is 0.143. The Morgan fingerprint density at radius 2 is 2.00 bits per heavy atom. The summed E-state index contributed by atoms with van der Waals surface area (Å²) in [5.74, 6) is 0. The number of rotatable bonds is 8. The van der Waals surface area contributed by atoms with E-state index in [2.05, 4.69) is 47.7 Å². The SMILES string of the molecule is CCCCN(CC)CCC(O)c1ccc(Br)c(C)c1. The molecule has 0 bridgehead atoms. The van der Waals surface area contributed by atoms with Gasteiger partial charge in [0.05, 0.1) is 6.10 Å². The van der Waals surface area contributed by atoms with E-state index in [1.54, 1.807) is 0 Å². The number of aliphatic hydroxyl groups excluding tert-OH is 1. The summed E-state index contributed by atoms with van der Waals surface area (Å²) in [4.78, 5) is 2.42. The average Bonchev–Trinajstić information content (AvgIpc) is 2.41. The van der Waals surface area contributed by atoms with Gasteiger partial charge in [0, 0.05) is 11.0 Å². The number of hydrogen-bond acceptors (Lipinski definition) is 2. The van der Waals surface area contributed by atoms with Crippen LogP contribution < -0.4 is 0 Å². The molecule has 108 valence electrons. The monoisotopic (exact) mass is 327 g/mol.